The van der Waals surface area contributed by atoms with Crippen LogP contribution in [0.25, 0.3) is 0 Å². The Kier molecular flexibility index (Phi) is 27.3. The quantitative estimate of drug-likeness (QED) is 0.0578. The Hall–Kier alpha value is -2.11. The first-order valence-corrected chi connectivity index (χ1v) is 16.0. The summed E-state index contributed by atoms with van der Waals surface area (Å²) in [5.74, 6) is -1.36. The molecule has 0 aliphatic rings. The first-order chi connectivity index (χ1) is 19.0. The van der Waals surface area contributed by atoms with Gasteiger partial charge in [0.05, 0.1) is 0 Å². The maximum absolute atomic E-state index is 12.5. The van der Waals surface area contributed by atoms with Gasteiger partial charge in [0.2, 0.25) is 5.91 Å². The van der Waals surface area contributed by atoms with Crippen LogP contribution in [0, 0.1) is 0 Å². The van der Waals surface area contributed by atoms with Crippen LogP contribution < -0.4 is 5.32 Å². The van der Waals surface area contributed by atoms with Crippen LogP contribution in [0.3, 0.4) is 0 Å². The molecule has 1 unspecified atom stereocenters. The van der Waals surface area contributed by atoms with Crippen molar-refractivity contribution in [1.29, 1.82) is 0 Å². The molecule has 0 radical (unpaired) electrons. The molecule has 0 heterocycles. The van der Waals surface area contributed by atoms with Crippen molar-refractivity contribution in [2.75, 3.05) is 6.54 Å². The largest absolute Gasteiger partial charge is 0.480 e. The molecule has 0 saturated heterocycles. The maximum atomic E-state index is 12.5. The van der Waals surface area contributed by atoms with Crippen molar-refractivity contribution in [3.63, 3.8) is 0 Å². The van der Waals surface area contributed by atoms with E-state index in [9.17, 15) is 14.4 Å². The number of rotatable bonds is 28. The lowest BCUT2D eigenvalue weighted by Gasteiger charge is -2.14. The number of allylic oxidation sites excluding steroid dienone is 3. The number of unbranched alkanes of at least 4 members (excludes halogenated alkanes) is 15. The number of carboxylic acid groups (broad SMARTS) is 1. The molecule has 6 nitrogen and oxygen atoms in total. The maximum Gasteiger partial charge on any atom is 0.322 e. The monoisotopic (exact) mass is 549 g/mol. The van der Waals surface area contributed by atoms with E-state index in [0.717, 1.165) is 64.2 Å². The highest BCUT2D eigenvalue weighted by molar-refractivity contribution is 5.80. The molecule has 6 heteroatoms. The summed E-state index contributed by atoms with van der Waals surface area (Å²) >= 11 is 0. The average Bonchev–Trinajstić information content (AvgIpc) is 2.91. The Balaban J connectivity index is 4.13. The molecular formula is C33H59NO5. The van der Waals surface area contributed by atoms with E-state index in [1.54, 1.807) is 0 Å². The molecule has 0 saturated carbocycles. The molecule has 0 aliphatic heterocycles. The lowest BCUT2D eigenvalue weighted by molar-refractivity contribution is -0.147. The van der Waals surface area contributed by atoms with Crippen molar-refractivity contribution < 1.29 is 24.2 Å². The fourth-order valence-electron chi connectivity index (χ4n) is 4.47. The van der Waals surface area contributed by atoms with E-state index in [1.165, 1.54) is 64.2 Å². The average molecular weight is 550 g/mol. The van der Waals surface area contributed by atoms with Gasteiger partial charge in [0, 0.05) is 12.8 Å². The van der Waals surface area contributed by atoms with E-state index >= 15 is 0 Å². The Labute approximate surface area is 239 Å². The predicted octanol–water partition coefficient (Wildman–Crippen LogP) is 8.83. The van der Waals surface area contributed by atoms with Crippen molar-refractivity contribution in [1.82, 2.24) is 5.32 Å². The Morgan fingerprint density at radius 2 is 1.26 bits per heavy atom. The second kappa shape index (κ2) is 28.9. The molecule has 0 spiro atoms. The zero-order chi connectivity index (χ0) is 28.8. The van der Waals surface area contributed by atoms with Gasteiger partial charge in [-0.05, 0) is 44.6 Å². The standard InChI is InChI=1S/C33H59NO5/c1-3-5-7-9-11-12-13-14-15-16-18-24-28-33(38)39-30(25-21-17-10-8-6-4-2)26-22-19-20-23-27-31(35)34-29-32(36)37/h8,10,21,25,30H,3-7,9,11-20,22-24,26-29H2,1-2H3,(H,34,35)(H,36,37)/b10-8-,25-21-. The van der Waals surface area contributed by atoms with Gasteiger partial charge in [-0.25, -0.2) is 0 Å². The van der Waals surface area contributed by atoms with Crippen molar-refractivity contribution in [2.24, 2.45) is 0 Å². The number of carbonyl (C=O) groups is 3. The molecule has 0 rings (SSSR count). The summed E-state index contributed by atoms with van der Waals surface area (Å²) in [5, 5.41) is 11.0. The van der Waals surface area contributed by atoms with Crippen molar-refractivity contribution in [3.05, 3.63) is 24.3 Å². The van der Waals surface area contributed by atoms with E-state index in [4.69, 9.17) is 9.84 Å². The fourth-order valence-corrected chi connectivity index (χ4v) is 4.47. The lowest BCUT2D eigenvalue weighted by atomic mass is 10.0. The third-order valence-electron chi connectivity index (χ3n) is 6.84. The second-order valence-electron chi connectivity index (χ2n) is 10.7. The van der Waals surface area contributed by atoms with Crippen LogP contribution in [0.2, 0.25) is 0 Å². The third-order valence-corrected chi connectivity index (χ3v) is 6.84. The van der Waals surface area contributed by atoms with Gasteiger partial charge in [-0.1, -0.05) is 122 Å². The van der Waals surface area contributed by atoms with Crippen LogP contribution in [0.5, 0.6) is 0 Å². The minimum absolute atomic E-state index is 0.103. The molecule has 0 aromatic rings. The van der Waals surface area contributed by atoms with Crippen LogP contribution in [0.4, 0.5) is 0 Å². The van der Waals surface area contributed by atoms with Crippen LogP contribution in [0.1, 0.15) is 155 Å². The number of hydrogen-bond donors (Lipinski definition) is 2. The number of aliphatic carboxylic acids is 1. The van der Waals surface area contributed by atoms with E-state index in [2.05, 4.69) is 37.4 Å². The van der Waals surface area contributed by atoms with Crippen molar-refractivity contribution in [2.45, 2.75) is 161 Å². The van der Waals surface area contributed by atoms with Gasteiger partial charge in [0.25, 0.3) is 0 Å². The highest BCUT2D eigenvalue weighted by atomic mass is 16.5. The number of esters is 1. The molecular weight excluding hydrogens is 490 g/mol. The molecule has 1 atom stereocenters. The number of carbonyl (C=O) groups excluding carboxylic acids is 2. The zero-order valence-corrected chi connectivity index (χ0v) is 25.2. The van der Waals surface area contributed by atoms with Crippen LogP contribution in [0.15, 0.2) is 24.3 Å². The minimum Gasteiger partial charge on any atom is -0.480 e. The van der Waals surface area contributed by atoms with E-state index in [-0.39, 0.29) is 24.5 Å². The highest BCUT2D eigenvalue weighted by Gasteiger charge is 2.11. The van der Waals surface area contributed by atoms with Crippen molar-refractivity contribution >= 4 is 17.8 Å². The van der Waals surface area contributed by atoms with Gasteiger partial charge in [-0.3, -0.25) is 14.4 Å². The Morgan fingerprint density at radius 3 is 1.85 bits per heavy atom. The fraction of sp³-hybridized carbons (Fsp3) is 0.788. The first kappa shape index (κ1) is 36.9. The molecule has 0 bridgehead atoms. The minimum atomic E-state index is -1.03. The number of amides is 1. The van der Waals surface area contributed by atoms with E-state index < -0.39 is 5.97 Å². The van der Waals surface area contributed by atoms with Crippen LogP contribution >= 0.6 is 0 Å². The summed E-state index contributed by atoms with van der Waals surface area (Å²) in [6, 6.07) is 0. The second-order valence-corrected chi connectivity index (χ2v) is 10.7. The smallest absolute Gasteiger partial charge is 0.322 e. The number of hydrogen-bond acceptors (Lipinski definition) is 4. The summed E-state index contributed by atoms with van der Waals surface area (Å²) in [7, 11) is 0. The zero-order valence-electron chi connectivity index (χ0n) is 25.2. The summed E-state index contributed by atoms with van der Waals surface area (Å²) in [5.41, 5.74) is 0. The van der Waals surface area contributed by atoms with Crippen LogP contribution in [-0.4, -0.2) is 35.6 Å². The van der Waals surface area contributed by atoms with Gasteiger partial charge in [0.15, 0.2) is 0 Å². The molecule has 39 heavy (non-hydrogen) atoms. The van der Waals surface area contributed by atoms with Gasteiger partial charge < -0.3 is 15.2 Å². The SMILES string of the molecule is CCC/C=C\C/C=C\C(CCCCCCC(=O)NCC(=O)O)OC(=O)CCCCCCCCCCCCCC. The Bertz CT molecular complexity index is 658. The molecule has 2 N–H and O–H groups in total. The molecule has 226 valence electrons. The molecule has 1 amide bonds. The number of nitrogens with one attached hydrogen (secondary N) is 1. The Morgan fingerprint density at radius 1 is 0.692 bits per heavy atom. The summed E-state index contributed by atoms with van der Waals surface area (Å²) in [4.78, 5) is 34.6. The molecule has 0 aliphatic carbocycles. The van der Waals surface area contributed by atoms with E-state index in [0.29, 0.717) is 12.8 Å². The van der Waals surface area contributed by atoms with Gasteiger partial charge in [0.1, 0.15) is 12.6 Å². The molecule has 0 aromatic heterocycles. The summed E-state index contributed by atoms with van der Waals surface area (Å²) in [6.07, 6.45) is 31.7. The first-order valence-electron chi connectivity index (χ1n) is 16.0. The number of carboxylic acids is 1. The van der Waals surface area contributed by atoms with Gasteiger partial charge in [-0.2, -0.15) is 0 Å². The summed E-state index contributed by atoms with van der Waals surface area (Å²) in [6.45, 7) is 4.09. The van der Waals surface area contributed by atoms with Gasteiger partial charge >= 0.3 is 11.9 Å². The number of ether oxygens (including phenoxy) is 1. The van der Waals surface area contributed by atoms with Crippen LogP contribution in [-0.2, 0) is 19.1 Å². The predicted molar refractivity (Wildman–Crippen MR) is 162 cm³/mol. The third kappa shape index (κ3) is 28.7. The lowest BCUT2D eigenvalue weighted by Crippen LogP contribution is -2.28. The van der Waals surface area contributed by atoms with E-state index in [1.807, 2.05) is 6.08 Å². The summed E-state index contributed by atoms with van der Waals surface area (Å²) < 4.78 is 5.81. The highest BCUT2D eigenvalue weighted by Crippen LogP contribution is 2.15. The van der Waals surface area contributed by atoms with Gasteiger partial charge in [-0.15, -0.1) is 0 Å². The normalized spacial score (nSPS) is 12.3. The molecule has 0 aromatic carbocycles. The molecule has 0 fully saturated rings. The topological polar surface area (TPSA) is 92.7 Å². The van der Waals surface area contributed by atoms with Crippen molar-refractivity contribution in [3.8, 4) is 0 Å².